The lowest BCUT2D eigenvalue weighted by atomic mass is 10.0. The molecule has 184 valence electrons. The summed E-state index contributed by atoms with van der Waals surface area (Å²) in [4.78, 5) is 29.7. The first-order valence-electron chi connectivity index (χ1n) is 12.1. The Morgan fingerprint density at radius 1 is 1.14 bits per heavy atom. The number of carbonyl (C=O) groups excluding carboxylic acids is 2. The standard InChI is InChI=1S/C27H30F2N4O2/c1-17-15-32(9-10-33(17)27(35)19-5-3-4-6-19)16-22-11-23(28)13-25(18(22)2)31-26(34)20-7-8-21(14-30)24(29)12-20/h7-8,11-13,17,19H,3-6,9-10,15-16H2,1-2H3,(H,31,34). The van der Waals surface area contributed by atoms with E-state index in [4.69, 9.17) is 5.26 Å². The van der Waals surface area contributed by atoms with Crippen molar-refractivity contribution < 1.29 is 18.4 Å². The van der Waals surface area contributed by atoms with E-state index in [0.717, 1.165) is 42.9 Å². The van der Waals surface area contributed by atoms with Gasteiger partial charge < -0.3 is 10.2 Å². The molecule has 2 aromatic rings. The van der Waals surface area contributed by atoms with Gasteiger partial charge in [-0.15, -0.1) is 0 Å². The second-order valence-corrected chi connectivity index (χ2v) is 9.60. The van der Waals surface area contributed by atoms with Gasteiger partial charge in [0.15, 0.2) is 0 Å². The fraction of sp³-hybridized carbons (Fsp3) is 0.444. The fourth-order valence-electron chi connectivity index (χ4n) is 5.12. The Morgan fingerprint density at radius 2 is 1.89 bits per heavy atom. The lowest BCUT2D eigenvalue weighted by Crippen LogP contribution is -2.54. The third-order valence-corrected chi connectivity index (χ3v) is 7.17. The summed E-state index contributed by atoms with van der Waals surface area (Å²) in [5, 5.41) is 11.5. The Labute approximate surface area is 204 Å². The van der Waals surface area contributed by atoms with E-state index in [1.165, 1.54) is 24.3 Å². The van der Waals surface area contributed by atoms with Gasteiger partial charge in [0.2, 0.25) is 5.91 Å². The van der Waals surface area contributed by atoms with Gasteiger partial charge in [-0.25, -0.2) is 8.78 Å². The molecule has 1 N–H and O–H groups in total. The van der Waals surface area contributed by atoms with Crippen LogP contribution < -0.4 is 5.32 Å². The highest BCUT2D eigenvalue weighted by atomic mass is 19.1. The number of hydrogen-bond donors (Lipinski definition) is 1. The molecule has 1 saturated heterocycles. The van der Waals surface area contributed by atoms with Crippen LogP contribution in [-0.4, -0.2) is 47.3 Å². The Hall–Kier alpha value is -3.31. The van der Waals surface area contributed by atoms with Crippen molar-refractivity contribution in [3.05, 3.63) is 64.2 Å². The second kappa shape index (κ2) is 10.5. The predicted octanol–water partition coefficient (Wildman–Crippen LogP) is 4.62. The van der Waals surface area contributed by atoms with E-state index in [1.54, 1.807) is 6.07 Å². The minimum Gasteiger partial charge on any atom is -0.337 e. The molecular formula is C27H30F2N4O2. The van der Waals surface area contributed by atoms with E-state index >= 15 is 0 Å². The zero-order valence-electron chi connectivity index (χ0n) is 20.1. The van der Waals surface area contributed by atoms with Crippen molar-refractivity contribution in [1.29, 1.82) is 5.26 Å². The van der Waals surface area contributed by atoms with Crippen LogP contribution in [0.3, 0.4) is 0 Å². The Morgan fingerprint density at radius 3 is 2.54 bits per heavy atom. The molecule has 1 saturated carbocycles. The first-order valence-corrected chi connectivity index (χ1v) is 12.1. The number of amides is 2. The van der Waals surface area contributed by atoms with E-state index in [9.17, 15) is 18.4 Å². The molecule has 6 nitrogen and oxygen atoms in total. The van der Waals surface area contributed by atoms with Crippen LogP contribution in [0, 0.1) is 35.8 Å². The van der Waals surface area contributed by atoms with Gasteiger partial charge in [0.25, 0.3) is 5.91 Å². The molecule has 0 bridgehead atoms. The molecule has 2 aromatic carbocycles. The number of nitriles is 1. The van der Waals surface area contributed by atoms with Gasteiger partial charge in [0, 0.05) is 49.4 Å². The van der Waals surface area contributed by atoms with Crippen LogP contribution in [0.4, 0.5) is 14.5 Å². The van der Waals surface area contributed by atoms with Gasteiger partial charge in [-0.3, -0.25) is 14.5 Å². The van der Waals surface area contributed by atoms with Crippen LogP contribution in [0.5, 0.6) is 0 Å². The van der Waals surface area contributed by atoms with Crippen LogP contribution >= 0.6 is 0 Å². The van der Waals surface area contributed by atoms with Gasteiger partial charge in [-0.2, -0.15) is 5.26 Å². The molecular weight excluding hydrogens is 450 g/mol. The summed E-state index contributed by atoms with van der Waals surface area (Å²) in [6.07, 6.45) is 4.22. The molecule has 4 rings (SSSR count). The van der Waals surface area contributed by atoms with Crippen LogP contribution in [0.1, 0.15) is 59.7 Å². The van der Waals surface area contributed by atoms with Crippen LogP contribution in [-0.2, 0) is 11.3 Å². The summed E-state index contributed by atoms with van der Waals surface area (Å²) in [7, 11) is 0. The van der Waals surface area contributed by atoms with Crippen LogP contribution in [0.15, 0.2) is 30.3 Å². The lowest BCUT2D eigenvalue weighted by molar-refractivity contribution is -0.140. The Balaban J connectivity index is 1.43. The van der Waals surface area contributed by atoms with E-state index < -0.39 is 17.5 Å². The maximum Gasteiger partial charge on any atom is 0.255 e. The van der Waals surface area contributed by atoms with Crippen molar-refractivity contribution in [3.8, 4) is 6.07 Å². The number of hydrogen-bond acceptors (Lipinski definition) is 4. The van der Waals surface area contributed by atoms with Crippen LogP contribution in [0.25, 0.3) is 0 Å². The normalized spacial score (nSPS) is 18.9. The highest BCUT2D eigenvalue weighted by Gasteiger charge is 2.33. The summed E-state index contributed by atoms with van der Waals surface area (Å²) >= 11 is 0. The fourth-order valence-corrected chi connectivity index (χ4v) is 5.12. The number of anilines is 1. The summed E-state index contributed by atoms with van der Waals surface area (Å²) in [5.74, 6) is -1.42. The summed E-state index contributed by atoms with van der Waals surface area (Å²) in [6, 6.07) is 8.11. The minimum absolute atomic E-state index is 0.0450. The number of piperazine rings is 1. The van der Waals surface area contributed by atoms with Crippen molar-refractivity contribution >= 4 is 17.5 Å². The maximum absolute atomic E-state index is 14.5. The molecule has 1 unspecified atom stereocenters. The van der Waals surface area contributed by atoms with E-state index in [2.05, 4.69) is 17.1 Å². The molecule has 0 radical (unpaired) electrons. The van der Waals surface area contributed by atoms with Crippen molar-refractivity contribution in [2.75, 3.05) is 25.0 Å². The summed E-state index contributed by atoms with van der Waals surface area (Å²) in [5.41, 5.74) is 1.69. The molecule has 2 fully saturated rings. The van der Waals surface area contributed by atoms with E-state index in [1.807, 2.05) is 11.8 Å². The maximum atomic E-state index is 14.5. The number of halogens is 2. The monoisotopic (exact) mass is 480 g/mol. The van der Waals surface area contributed by atoms with Gasteiger partial charge in [0.1, 0.15) is 17.7 Å². The number of nitrogens with zero attached hydrogens (tertiary/aromatic N) is 3. The molecule has 0 aromatic heterocycles. The van der Waals surface area contributed by atoms with Crippen molar-refractivity contribution in [3.63, 3.8) is 0 Å². The van der Waals surface area contributed by atoms with Gasteiger partial charge in [0.05, 0.1) is 5.56 Å². The van der Waals surface area contributed by atoms with Crippen LogP contribution in [0.2, 0.25) is 0 Å². The minimum atomic E-state index is -0.781. The first-order chi connectivity index (χ1) is 16.8. The molecule has 1 heterocycles. The third kappa shape index (κ3) is 5.51. The van der Waals surface area contributed by atoms with Gasteiger partial charge >= 0.3 is 0 Å². The van der Waals surface area contributed by atoms with E-state index in [0.29, 0.717) is 31.9 Å². The summed E-state index contributed by atoms with van der Waals surface area (Å²) in [6.45, 7) is 6.41. The largest absolute Gasteiger partial charge is 0.337 e. The second-order valence-electron chi connectivity index (χ2n) is 9.60. The zero-order valence-corrected chi connectivity index (χ0v) is 20.1. The molecule has 2 aliphatic rings. The molecule has 8 heteroatoms. The third-order valence-electron chi connectivity index (χ3n) is 7.17. The quantitative estimate of drug-likeness (QED) is 0.678. The lowest BCUT2D eigenvalue weighted by Gasteiger charge is -2.41. The van der Waals surface area contributed by atoms with Crippen molar-refractivity contribution in [2.45, 2.75) is 52.1 Å². The molecule has 1 aliphatic heterocycles. The average molecular weight is 481 g/mol. The number of carbonyl (C=O) groups is 2. The SMILES string of the molecule is Cc1c(CN2CCN(C(=O)C3CCCC3)C(C)C2)cc(F)cc1NC(=O)c1ccc(C#N)c(F)c1. The average Bonchev–Trinajstić information content (AvgIpc) is 3.37. The van der Waals surface area contributed by atoms with E-state index in [-0.39, 0.29) is 29.0 Å². The molecule has 0 spiro atoms. The van der Waals surface area contributed by atoms with Crippen molar-refractivity contribution in [2.24, 2.45) is 5.92 Å². The zero-order chi connectivity index (χ0) is 25.1. The highest BCUT2D eigenvalue weighted by molar-refractivity contribution is 6.04. The highest BCUT2D eigenvalue weighted by Crippen LogP contribution is 2.29. The number of nitrogens with one attached hydrogen (secondary N) is 1. The first kappa shape index (κ1) is 24.8. The molecule has 1 atom stereocenters. The Kier molecular flexibility index (Phi) is 7.46. The predicted molar refractivity (Wildman–Crippen MR) is 129 cm³/mol. The number of benzene rings is 2. The Bertz CT molecular complexity index is 1170. The molecule has 2 amide bonds. The summed E-state index contributed by atoms with van der Waals surface area (Å²) < 4.78 is 28.4. The smallest absolute Gasteiger partial charge is 0.255 e. The van der Waals surface area contributed by atoms with Gasteiger partial charge in [-0.1, -0.05) is 12.8 Å². The molecule has 1 aliphatic carbocycles. The number of rotatable bonds is 5. The topological polar surface area (TPSA) is 76.4 Å². The van der Waals surface area contributed by atoms with Gasteiger partial charge in [-0.05, 0) is 68.1 Å². The van der Waals surface area contributed by atoms with Crippen molar-refractivity contribution in [1.82, 2.24) is 9.80 Å². The molecule has 35 heavy (non-hydrogen) atoms.